The minimum Gasteiger partial charge on any atom is -0.496 e. The number of ether oxygens (including phenoxy) is 2. The maximum atomic E-state index is 11.1. The normalized spacial score (nSPS) is 11.6. The minimum absolute atomic E-state index is 0.0103. The summed E-state index contributed by atoms with van der Waals surface area (Å²) in [6.45, 7) is 8.01. The van der Waals surface area contributed by atoms with Crippen molar-refractivity contribution >= 4 is 17.7 Å². The Morgan fingerprint density at radius 3 is 2.05 bits per heavy atom. The molecule has 0 aliphatic rings. The topological polar surface area (TPSA) is 55.8 Å². The smallest absolute Gasteiger partial charge is 0.304 e. The standard InChI is InChI=1S/C16H24O4S/c1-10(2)21-11-7-12(19-5)15(13(8-11)20-6)16(3,4)9-14(17)18/h7-8,10H,9H2,1-6H3,(H,17,18). The fourth-order valence-electron chi connectivity index (χ4n) is 2.36. The number of methoxy groups -OCH3 is 2. The van der Waals surface area contributed by atoms with E-state index in [0.29, 0.717) is 16.7 Å². The molecule has 0 fully saturated rings. The van der Waals surface area contributed by atoms with E-state index in [1.54, 1.807) is 26.0 Å². The molecule has 0 saturated carbocycles. The summed E-state index contributed by atoms with van der Waals surface area (Å²) in [7, 11) is 3.19. The molecule has 1 aromatic rings. The van der Waals surface area contributed by atoms with Crippen molar-refractivity contribution in [2.45, 2.75) is 49.7 Å². The van der Waals surface area contributed by atoms with Crippen LogP contribution in [0.5, 0.6) is 11.5 Å². The Balaban J connectivity index is 3.39. The lowest BCUT2D eigenvalue weighted by Gasteiger charge is -2.28. The van der Waals surface area contributed by atoms with E-state index in [-0.39, 0.29) is 6.42 Å². The van der Waals surface area contributed by atoms with Crippen LogP contribution >= 0.6 is 11.8 Å². The van der Waals surface area contributed by atoms with Crippen LogP contribution in [0.3, 0.4) is 0 Å². The van der Waals surface area contributed by atoms with Crippen molar-refractivity contribution < 1.29 is 19.4 Å². The molecule has 1 aromatic carbocycles. The SMILES string of the molecule is COc1cc(SC(C)C)cc(OC)c1C(C)(C)CC(=O)O. The summed E-state index contributed by atoms with van der Waals surface area (Å²) < 4.78 is 11.0. The van der Waals surface area contributed by atoms with Crippen LogP contribution in [-0.4, -0.2) is 30.5 Å². The summed E-state index contributed by atoms with van der Waals surface area (Å²) in [5.74, 6) is 0.497. The number of rotatable bonds is 7. The fraction of sp³-hybridized carbons (Fsp3) is 0.562. The zero-order chi connectivity index (χ0) is 16.2. The Labute approximate surface area is 130 Å². The highest BCUT2D eigenvalue weighted by Crippen LogP contribution is 2.44. The molecular weight excluding hydrogens is 288 g/mol. The molecule has 0 amide bonds. The summed E-state index contributed by atoms with van der Waals surface area (Å²) in [6.07, 6.45) is 0.0103. The number of carboxylic acids is 1. The van der Waals surface area contributed by atoms with E-state index in [0.717, 1.165) is 10.5 Å². The van der Waals surface area contributed by atoms with Crippen LogP contribution in [0.1, 0.15) is 39.7 Å². The zero-order valence-corrected chi connectivity index (χ0v) is 14.3. The lowest BCUT2D eigenvalue weighted by molar-refractivity contribution is -0.138. The summed E-state index contributed by atoms with van der Waals surface area (Å²) in [6, 6.07) is 3.90. The van der Waals surface area contributed by atoms with Crippen LogP contribution in [0.4, 0.5) is 0 Å². The van der Waals surface area contributed by atoms with E-state index in [1.807, 2.05) is 26.0 Å². The van der Waals surface area contributed by atoms with Gasteiger partial charge in [0.25, 0.3) is 0 Å². The summed E-state index contributed by atoms with van der Waals surface area (Å²) >= 11 is 1.71. The van der Waals surface area contributed by atoms with Crippen LogP contribution in [0, 0.1) is 0 Å². The predicted molar refractivity (Wildman–Crippen MR) is 85.8 cm³/mol. The molecule has 0 heterocycles. The molecule has 1 N–H and O–H groups in total. The maximum absolute atomic E-state index is 11.1. The molecule has 0 unspecified atom stereocenters. The average molecular weight is 312 g/mol. The van der Waals surface area contributed by atoms with Gasteiger partial charge in [0.05, 0.1) is 20.6 Å². The number of benzene rings is 1. The Hall–Kier alpha value is -1.36. The number of thioether (sulfide) groups is 1. The van der Waals surface area contributed by atoms with Crippen LogP contribution < -0.4 is 9.47 Å². The van der Waals surface area contributed by atoms with Gasteiger partial charge < -0.3 is 14.6 Å². The predicted octanol–water partition coefficient (Wildman–Crippen LogP) is 3.96. The molecule has 1 rings (SSSR count). The molecule has 0 aromatic heterocycles. The lowest BCUT2D eigenvalue weighted by Crippen LogP contribution is -2.23. The van der Waals surface area contributed by atoms with E-state index in [4.69, 9.17) is 14.6 Å². The van der Waals surface area contributed by atoms with Crippen molar-refractivity contribution in [1.29, 1.82) is 0 Å². The van der Waals surface area contributed by atoms with Crippen LogP contribution in [0.2, 0.25) is 0 Å². The van der Waals surface area contributed by atoms with Crippen molar-refractivity contribution in [2.75, 3.05) is 14.2 Å². The monoisotopic (exact) mass is 312 g/mol. The van der Waals surface area contributed by atoms with Gasteiger partial charge in [0.1, 0.15) is 11.5 Å². The Morgan fingerprint density at radius 2 is 1.71 bits per heavy atom. The van der Waals surface area contributed by atoms with Crippen molar-refractivity contribution in [3.63, 3.8) is 0 Å². The molecule has 21 heavy (non-hydrogen) atoms. The number of aliphatic carboxylic acids is 1. The number of hydrogen-bond acceptors (Lipinski definition) is 4. The van der Waals surface area contributed by atoms with Gasteiger partial charge in [0, 0.05) is 21.1 Å². The molecule has 0 radical (unpaired) electrons. The molecule has 118 valence electrons. The van der Waals surface area contributed by atoms with Crippen molar-refractivity contribution in [2.24, 2.45) is 0 Å². The fourth-order valence-corrected chi connectivity index (χ4v) is 3.26. The highest BCUT2D eigenvalue weighted by atomic mass is 32.2. The van der Waals surface area contributed by atoms with Gasteiger partial charge in [0.2, 0.25) is 0 Å². The van der Waals surface area contributed by atoms with Gasteiger partial charge in [-0.3, -0.25) is 4.79 Å². The van der Waals surface area contributed by atoms with Gasteiger partial charge in [-0.05, 0) is 12.1 Å². The third kappa shape index (κ3) is 4.56. The molecule has 0 aliphatic heterocycles. The molecule has 4 nitrogen and oxygen atoms in total. The van der Waals surface area contributed by atoms with Crippen LogP contribution in [-0.2, 0) is 10.2 Å². The first-order chi connectivity index (χ1) is 9.71. The number of carboxylic acid groups (broad SMARTS) is 1. The first kappa shape index (κ1) is 17.7. The lowest BCUT2D eigenvalue weighted by atomic mass is 9.80. The van der Waals surface area contributed by atoms with Gasteiger partial charge in [0.15, 0.2) is 0 Å². The molecule has 0 spiro atoms. The molecule has 0 bridgehead atoms. The molecule has 0 atom stereocenters. The summed E-state index contributed by atoms with van der Waals surface area (Å²) in [5, 5.41) is 9.57. The first-order valence-corrected chi connectivity index (χ1v) is 7.74. The molecule has 5 heteroatoms. The van der Waals surface area contributed by atoms with Crippen LogP contribution in [0.15, 0.2) is 17.0 Å². The second-order valence-corrected chi connectivity index (χ2v) is 7.47. The minimum atomic E-state index is -0.843. The van der Waals surface area contributed by atoms with Gasteiger partial charge in [-0.1, -0.05) is 27.7 Å². The van der Waals surface area contributed by atoms with E-state index < -0.39 is 11.4 Å². The molecule has 0 aliphatic carbocycles. The Morgan fingerprint density at radius 1 is 1.24 bits per heavy atom. The average Bonchev–Trinajstić information content (AvgIpc) is 2.34. The highest BCUT2D eigenvalue weighted by molar-refractivity contribution is 7.99. The van der Waals surface area contributed by atoms with Crippen molar-refractivity contribution in [3.05, 3.63) is 17.7 Å². The zero-order valence-electron chi connectivity index (χ0n) is 13.5. The van der Waals surface area contributed by atoms with Gasteiger partial charge in [-0.25, -0.2) is 0 Å². The summed E-state index contributed by atoms with van der Waals surface area (Å²) in [4.78, 5) is 12.2. The Kier molecular flexibility index (Phi) is 5.96. The molecule has 0 saturated heterocycles. The first-order valence-electron chi connectivity index (χ1n) is 6.86. The van der Waals surface area contributed by atoms with E-state index in [1.165, 1.54) is 0 Å². The van der Waals surface area contributed by atoms with Gasteiger partial charge in [-0.15, -0.1) is 11.8 Å². The summed E-state index contributed by atoms with van der Waals surface area (Å²) in [5.41, 5.74) is 0.215. The van der Waals surface area contributed by atoms with Crippen LogP contribution in [0.25, 0.3) is 0 Å². The van der Waals surface area contributed by atoms with E-state index in [2.05, 4.69) is 13.8 Å². The second-order valence-electron chi connectivity index (χ2n) is 5.82. The second kappa shape index (κ2) is 7.07. The van der Waals surface area contributed by atoms with Crippen molar-refractivity contribution in [3.8, 4) is 11.5 Å². The number of hydrogen-bond donors (Lipinski definition) is 1. The van der Waals surface area contributed by atoms with E-state index >= 15 is 0 Å². The van der Waals surface area contributed by atoms with E-state index in [9.17, 15) is 4.79 Å². The van der Waals surface area contributed by atoms with Crippen molar-refractivity contribution in [1.82, 2.24) is 0 Å². The van der Waals surface area contributed by atoms with Gasteiger partial charge in [-0.2, -0.15) is 0 Å². The Bertz CT molecular complexity index is 484. The maximum Gasteiger partial charge on any atom is 0.304 e. The van der Waals surface area contributed by atoms with Gasteiger partial charge >= 0.3 is 5.97 Å². The number of carbonyl (C=O) groups is 1. The third-order valence-electron chi connectivity index (χ3n) is 3.12. The molecular formula is C16H24O4S. The highest BCUT2D eigenvalue weighted by Gasteiger charge is 2.31. The quantitative estimate of drug-likeness (QED) is 0.772. The largest absolute Gasteiger partial charge is 0.496 e. The third-order valence-corrected chi connectivity index (χ3v) is 4.10.